The van der Waals surface area contributed by atoms with Crippen LogP contribution in [0.2, 0.25) is 0 Å². The molecular weight excluding hydrogens is 329 g/mol. The number of nitrogens with zero attached hydrogens (tertiary/aromatic N) is 2. The maximum Gasteiger partial charge on any atom is 0.418 e. The minimum Gasteiger partial charge on any atom is -0.401 e. The topological polar surface area (TPSA) is 82.3 Å². The van der Waals surface area contributed by atoms with E-state index in [2.05, 4.69) is 4.98 Å². The van der Waals surface area contributed by atoms with Gasteiger partial charge in [-0.25, -0.2) is 4.98 Å². The number of aromatic nitrogens is 1. The van der Waals surface area contributed by atoms with Crippen LogP contribution in [0.15, 0.2) is 42.6 Å². The second kappa shape index (κ2) is 7.07. The van der Waals surface area contributed by atoms with Gasteiger partial charge in [-0.2, -0.15) is 13.2 Å². The molecule has 0 fully saturated rings. The molecule has 6 nitrogen and oxygen atoms in total. The van der Waals surface area contributed by atoms with Gasteiger partial charge in [0.1, 0.15) is 0 Å². The molecule has 0 amide bonds. The normalized spacial score (nSPS) is 11.1. The highest BCUT2D eigenvalue weighted by Crippen LogP contribution is 2.34. The number of ether oxygens (including phenoxy) is 1. The van der Waals surface area contributed by atoms with Crippen molar-refractivity contribution in [1.82, 2.24) is 4.98 Å². The van der Waals surface area contributed by atoms with Crippen LogP contribution in [-0.4, -0.2) is 15.9 Å². The number of aryl methyl sites for hydroxylation is 1. The van der Waals surface area contributed by atoms with Crippen LogP contribution in [0.25, 0.3) is 0 Å². The largest absolute Gasteiger partial charge is 0.418 e. The van der Waals surface area contributed by atoms with Gasteiger partial charge in [0.15, 0.2) is 0 Å². The second-order valence-electron chi connectivity index (χ2n) is 4.76. The van der Waals surface area contributed by atoms with Crippen molar-refractivity contribution in [3.05, 3.63) is 63.8 Å². The van der Waals surface area contributed by atoms with Gasteiger partial charge in [0, 0.05) is 12.3 Å². The minimum atomic E-state index is -4.78. The number of hydrogen-bond donors (Lipinski definition) is 0. The van der Waals surface area contributed by atoms with Crippen molar-refractivity contribution in [2.75, 3.05) is 0 Å². The fourth-order valence-electron chi connectivity index (χ4n) is 1.85. The minimum absolute atomic E-state index is 0.0934. The molecule has 0 aliphatic carbocycles. The van der Waals surface area contributed by atoms with Gasteiger partial charge in [0.2, 0.25) is 0 Å². The molecule has 0 radical (unpaired) electrons. The summed E-state index contributed by atoms with van der Waals surface area (Å²) in [7, 11) is 0. The van der Waals surface area contributed by atoms with Crippen LogP contribution in [0.1, 0.15) is 17.5 Å². The number of carbonyl (C=O) groups excluding carboxylic acids is 1. The third kappa shape index (κ3) is 4.51. The first kappa shape index (κ1) is 17.4. The predicted molar refractivity (Wildman–Crippen MR) is 76.3 cm³/mol. The summed E-state index contributed by atoms with van der Waals surface area (Å²) in [4.78, 5) is 24.8. The molecule has 2 aromatic rings. The smallest absolute Gasteiger partial charge is 0.401 e. The highest BCUT2D eigenvalue weighted by Gasteiger charge is 2.34. The van der Waals surface area contributed by atoms with E-state index in [-0.39, 0.29) is 12.5 Å². The lowest BCUT2D eigenvalue weighted by Gasteiger charge is -2.08. The van der Waals surface area contributed by atoms with Crippen LogP contribution in [0, 0.1) is 10.1 Å². The van der Waals surface area contributed by atoms with E-state index >= 15 is 0 Å². The summed E-state index contributed by atoms with van der Waals surface area (Å²) >= 11 is 0. The summed E-state index contributed by atoms with van der Waals surface area (Å²) in [5.41, 5.74) is -1.46. The highest BCUT2D eigenvalue weighted by molar-refractivity contribution is 5.73. The van der Waals surface area contributed by atoms with Crippen LogP contribution in [0.5, 0.6) is 5.88 Å². The Kier molecular flexibility index (Phi) is 5.12. The zero-order valence-corrected chi connectivity index (χ0v) is 12.1. The van der Waals surface area contributed by atoms with Gasteiger partial charge < -0.3 is 4.74 Å². The number of esters is 1. The molecule has 0 spiro atoms. The van der Waals surface area contributed by atoms with E-state index in [9.17, 15) is 28.1 Å². The number of nitro groups is 1. The Labute approximate surface area is 134 Å². The van der Waals surface area contributed by atoms with Gasteiger partial charge in [-0.3, -0.25) is 14.9 Å². The number of hydrogen-bond acceptors (Lipinski definition) is 5. The molecule has 0 atom stereocenters. The van der Waals surface area contributed by atoms with E-state index in [0.717, 1.165) is 5.56 Å². The first-order valence-corrected chi connectivity index (χ1v) is 6.73. The fraction of sp³-hybridized carbons (Fsp3) is 0.200. The summed E-state index contributed by atoms with van der Waals surface area (Å²) in [6.07, 6.45) is -4.17. The highest BCUT2D eigenvalue weighted by atomic mass is 19.4. The van der Waals surface area contributed by atoms with E-state index in [0.29, 0.717) is 12.6 Å². The van der Waals surface area contributed by atoms with Crippen LogP contribution in [0.4, 0.5) is 18.9 Å². The molecular formula is C15H11F3N2O4. The number of rotatable bonds is 5. The van der Waals surface area contributed by atoms with Crippen LogP contribution in [0.3, 0.4) is 0 Å². The average molecular weight is 340 g/mol. The summed E-state index contributed by atoms with van der Waals surface area (Å²) in [6.45, 7) is 0. The van der Waals surface area contributed by atoms with Crippen LogP contribution < -0.4 is 4.74 Å². The second-order valence-corrected chi connectivity index (χ2v) is 4.76. The molecule has 2 rings (SSSR count). The van der Waals surface area contributed by atoms with E-state index in [1.807, 2.05) is 0 Å². The molecule has 126 valence electrons. The molecule has 0 saturated carbocycles. The van der Waals surface area contributed by atoms with E-state index in [1.54, 1.807) is 30.3 Å². The Bertz CT molecular complexity index is 748. The van der Waals surface area contributed by atoms with Crippen molar-refractivity contribution in [3.8, 4) is 5.88 Å². The number of pyridine rings is 1. The van der Waals surface area contributed by atoms with Crippen molar-refractivity contribution in [3.63, 3.8) is 0 Å². The Balaban J connectivity index is 2.11. The molecule has 0 bridgehead atoms. The standard InChI is InChI=1S/C15H11F3N2O4/c16-15(17,18)11-8-12(20(22)23)14(19-9-11)24-13(21)7-6-10-4-2-1-3-5-10/h1-5,8-9H,6-7H2. The van der Waals surface area contributed by atoms with E-state index < -0.39 is 34.2 Å². The third-order valence-corrected chi connectivity index (χ3v) is 3.03. The Morgan fingerprint density at radius 3 is 2.50 bits per heavy atom. The van der Waals surface area contributed by atoms with Crippen molar-refractivity contribution in [2.45, 2.75) is 19.0 Å². The first-order chi connectivity index (χ1) is 11.3. The molecule has 1 aromatic carbocycles. The zero-order valence-electron chi connectivity index (χ0n) is 12.1. The van der Waals surface area contributed by atoms with Gasteiger partial charge in [-0.15, -0.1) is 0 Å². The maximum atomic E-state index is 12.6. The molecule has 0 unspecified atom stereocenters. The van der Waals surface area contributed by atoms with Crippen molar-refractivity contribution in [1.29, 1.82) is 0 Å². The number of alkyl halides is 3. The Morgan fingerprint density at radius 1 is 1.25 bits per heavy atom. The van der Waals surface area contributed by atoms with Crippen molar-refractivity contribution < 1.29 is 27.6 Å². The molecule has 1 aromatic heterocycles. The Morgan fingerprint density at radius 2 is 1.92 bits per heavy atom. The van der Waals surface area contributed by atoms with Crippen LogP contribution in [-0.2, 0) is 17.4 Å². The van der Waals surface area contributed by atoms with Crippen LogP contribution >= 0.6 is 0 Å². The first-order valence-electron chi connectivity index (χ1n) is 6.73. The molecule has 9 heteroatoms. The fourth-order valence-corrected chi connectivity index (χ4v) is 1.85. The summed E-state index contributed by atoms with van der Waals surface area (Å²) in [5.74, 6) is -1.58. The Hall–Kier alpha value is -2.97. The molecule has 0 N–H and O–H groups in total. The summed E-state index contributed by atoms with van der Waals surface area (Å²) < 4.78 is 42.4. The van der Waals surface area contributed by atoms with Gasteiger partial charge in [-0.05, 0) is 12.0 Å². The zero-order chi connectivity index (χ0) is 17.7. The summed E-state index contributed by atoms with van der Waals surface area (Å²) in [6, 6.07) is 9.22. The lowest BCUT2D eigenvalue weighted by atomic mass is 10.1. The molecule has 24 heavy (non-hydrogen) atoms. The number of benzene rings is 1. The van der Waals surface area contributed by atoms with Gasteiger partial charge in [0.25, 0.3) is 0 Å². The maximum absolute atomic E-state index is 12.6. The SMILES string of the molecule is O=C(CCc1ccccc1)Oc1ncc(C(F)(F)F)cc1[N+](=O)[O-]. The summed E-state index contributed by atoms with van der Waals surface area (Å²) in [5, 5.41) is 10.9. The molecule has 0 saturated heterocycles. The van der Waals surface area contributed by atoms with Gasteiger partial charge in [0.05, 0.1) is 16.9 Å². The van der Waals surface area contributed by atoms with Gasteiger partial charge >= 0.3 is 23.7 Å². The lowest BCUT2D eigenvalue weighted by molar-refractivity contribution is -0.386. The van der Waals surface area contributed by atoms with Gasteiger partial charge in [-0.1, -0.05) is 30.3 Å². The van der Waals surface area contributed by atoms with Crippen molar-refractivity contribution >= 4 is 11.7 Å². The number of halogens is 3. The quantitative estimate of drug-likeness (QED) is 0.472. The molecule has 0 aliphatic heterocycles. The van der Waals surface area contributed by atoms with Crippen molar-refractivity contribution in [2.24, 2.45) is 0 Å². The molecule has 1 heterocycles. The van der Waals surface area contributed by atoms with E-state index in [1.165, 1.54) is 0 Å². The average Bonchev–Trinajstić information content (AvgIpc) is 2.53. The third-order valence-electron chi connectivity index (χ3n) is 3.03. The van der Waals surface area contributed by atoms with E-state index in [4.69, 9.17) is 4.74 Å². The predicted octanol–water partition coefficient (Wildman–Crippen LogP) is 3.55. The molecule has 0 aliphatic rings. The lowest BCUT2D eigenvalue weighted by Crippen LogP contribution is -2.13. The monoisotopic (exact) mass is 340 g/mol. The number of carbonyl (C=O) groups is 1.